The van der Waals surface area contributed by atoms with E-state index in [1.54, 1.807) is 6.07 Å². The lowest BCUT2D eigenvalue weighted by atomic mass is 9.64. The Morgan fingerprint density at radius 3 is 2.44 bits per heavy atom. The maximum absolute atomic E-state index is 14.3. The van der Waals surface area contributed by atoms with E-state index in [-0.39, 0.29) is 5.56 Å². The van der Waals surface area contributed by atoms with Crippen LogP contribution in [0.5, 0.6) is 0 Å². The van der Waals surface area contributed by atoms with Crippen LogP contribution in [-0.2, 0) is 0 Å². The minimum absolute atomic E-state index is 0.0728. The average molecular weight is 393 g/mol. The highest BCUT2D eigenvalue weighted by Gasteiger charge is 2.34. The second-order valence-corrected chi connectivity index (χ2v) is 8.80. The van der Waals surface area contributed by atoms with Gasteiger partial charge < -0.3 is 0 Å². The number of rotatable bonds is 2. The topological polar surface area (TPSA) is 0 Å². The smallest absolute Gasteiger partial charge is 0.181 e. The van der Waals surface area contributed by atoms with Gasteiger partial charge in [0.05, 0.1) is 0 Å². The monoisotopic (exact) mass is 392 g/mol. The van der Waals surface area contributed by atoms with E-state index < -0.39 is 22.5 Å². The van der Waals surface area contributed by atoms with Crippen molar-refractivity contribution in [2.24, 2.45) is 17.8 Å². The Bertz CT molecular complexity index is 848. The molecule has 2 aliphatic rings. The number of fused-ring (bicyclic) bond motifs is 1. The van der Waals surface area contributed by atoms with Gasteiger partial charge in [0.25, 0.3) is 0 Å². The van der Waals surface area contributed by atoms with Crippen LogP contribution in [0.3, 0.4) is 0 Å². The molecule has 0 saturated heterocycles. The number of halogens is 4. The maximum atomic E-state index is 14.3. The fraction of sp³-hybridized carbons (Fsp3) is 0.478. The van der Waals surface area contributed by atoms with Gasteiger partial charge in [-0.3, -0.25) is 0 Å². The van der Waals surface area contributed by atoms with Gasteiger partial charge in [-0.2, -0.15) is 0 Å². The number of hydrogen-bond acceptors (Lipinski definition) is 0. The zero-order valence-electron chi connectivity index (χ0n) is 15.5. The van der Waals surface area contributed by atoms with Gasteiger partial charge in [-0.05, 0) is 73.0 Å². The van der Waals surface area contributed by atoms with E-state index in [9.17, 15) is 13.2 Å². The summed E-state index contributed by atoms with van der Waals surface area (Å²) in [5.74, 6) is -0.477. The molecule has 27 heavy (non-hydrogen) atoms. The molecule has 2 saturated carbocycles. The molecule has 0 radical (unpaired) electrons. The third-order valence-electron chi connectivity index (χ3n) is 6.65. The molecule has 144 valence electrons. The quantitative estimate of drug-likeness (QED) is 0.362. The first kappa shape index (κ1) is 18.9. The van der Waals surface area contributed by atoms with Crippen molar-refractivity contribution >= 4 is 11.6 Å². The SMILES string of the molecule is CC1CCC2CC(c3cccc(-c4cc(F)c(Cl)c(F)c4F)c3)CCC2C1. The van der Waals surface area contributed by atoms with Gasteiger partial charge in [0, 0.05) is 5.56 Å². The van der Waals surface area contributed by atoms with Gasteiger partial charge in [0.1, 0.15) is 10.8 Å². The Hall–Kier alpha value is -1.48. The molecule has 0 amide bonds. The van der Waals surface area contributed by atoms with E-state index in [2.05, 4.69) is 13.0 Å². The van der Waals surface area contributed by atoms with E-state index in [0.717, 1.165) is 42.2 Å². The third-order valence-corrected chi connectivity index (χ3v) is 6.99. The van der Waals surface area contributed by atoms with Crippen LogP contribution in [0.15, 0.2) is 30.3 Å². The van der Waals surface area contributed by atoms with E-state index in [1.807, 2.05) is 12.1 Å². The summed E-state index contributed by atoms with van der Waals surface area (Å²) in [7, 11) is 0. The fourth-order valence-electron chi connectivity index (χ4n) is 5.17. The summed E-state index contributed by atoms with van der Waals surface area (Å²) >= 11 is 5.48. The number of benzene rings is 2. The van der Waals surface area contributed by atoms with Crippen LogP contribution in [0.25, 0.3) is 11.1 Å². The highest BCUT2D eigenvalue weighted by Crippen LogP contribution is 2.47. The van der Waals surface area contributed by atoms with Crippen molar-refractivity contribution in [1.82, 2.24) is 0 Å². The lowest BCUT2D eigenvalue weighted by Gasteiger charge is -2.41. The Balaban J connectivity index is 1.61. The first-order valence-corrected chi connectivity index (χ1v) is 10.2. The van der Waals surface area contributed by atoms with Crippen LogP contribution in [0.2, 0.25) is 5.02 Å². The molecule has 2 fully saturated rings. The minimum Gasteiger partial charge on any atom is -0.205 e. The molecule has 0 bridgehead atoms. The standard InChI is InChI=1S/C23H24ClF3/c1-13-5-6-16-10-17(8-7-15(16)9-13)14-3-2-4-18(11-14)19-12-20(25)21(24)23(27)22(19)26/h2-4,11-13,15-17H,5-10H2,1H3. The molecule has 4 rings (SSSR count). The minimum atomic E-state index is -1.33. The number of hydrogen-bond donors (Lipinski definition) is 0. The Morgan fingerprint density at radius 1 is 0.889 bits per heavy atom. The molecule has 0 N–H and O–H groups in total. The maximum Gasteiger partial charge on any atom is 0.181 e. The molecule has 2 aromatic rings. The van der Waals surface area contributed by atoms with Crippen molar-refractivity contribution in [2.45, 2.75) is 51.4 Å². The molecule has 0 aliphatic heterocycles. The van der Waals surface area contributed by atoms with Crippen LogP contribution in [-0.4, -0.2) is 0 Å². The first-order chi connectivity index (χ1) is 12.9. The fourth-order valence-corrected chi connectivity index (χ4v) is 5.31. The normalized spacial score (nSPS) is 28.0. The van der Waals surface area contributed by atoms with Crippen molar-refractivity contribution in [3.8, 4) is 11.1 Å². The van der Waals surface area contributed by atoms with E-state index in [1.165, 1.54) is 25.7 Å². The molecular formula is C23H24ClF3. The molecule has 4 unspecified atom stereocenters. The molecule has 0 spiro atoms. The molecule has 0 aromatic heterocycles. The van der Waals surface area contributed by atoms with Crippen molar-refractivity contribution in [1.29, 1.82) is 0 Å². The summed E-state index contributed by atoms with van der Waals surface area (Å²) in [6, 6.07) is 8.48. The summed E-state index contributed by atoms with van der Waals surface area (Å²) in [5, 5.41) is -0.794. The summed E-state index contributed by atoms with van der Waals surface area (Å²) in [5.41, 5.74) is 1.56. The summed E-state index contributed by atoms with van der Waals surface area (Å²) in [6.07, 6.45) is 7.47. The van der Waals surface area contributed by atoms with E-state index in [0.29, 0.717) is 11.5 Å². The van der Waals surface area contributed by atoms with Crippen molar-refractivity contribution in [3.63, 3.8) is 0 Å². The average Bonchev–Trinajstić information content (AvgIpc) is 2.68. The van der Waals surface area contributed by atoms with E-state index in [4.69, 9.17) is 11.6 Å². The third kappa shape index (κ3) is 3.63. The largest absolute Gasteiger partial charge is 0.205 e. The molecular weight excluding hydrogens is 369 g/mol. The van der Waals surface area contributed by atoms with Crippen LogP contribution >= 0.6 is 11.6 Å². The molecule has 4 heteroatoms. The first-order valence-electron chi connectivity index (χ1n) is 9.87. The van der Waals surface area contributed by atoms with Crippen molar-refractivity contribution in [2.75, 3.05) is 0 Å². The van der Waals surface area contributed by atoms with E-state index >= 15 is 0 Å². The zero-order chi connectivity index (χ0) is 19.1. The summed E-state index contributed by atoms with van der Waals surface area (Å²) in [4.78, 5) is 0. The molecule has 2 aliphatic carbocycles. The predicted molar refractivity (Wildman–Crippen MR) is 103 cm³/mol. The Labute approximate surface area is 163 Å². The molecule has 0 heterocycles. The predicted octanol–water partition coefficient (Wildman–Crippen LogP) is 7.74. The van der Waals surface area contributed by atoms with Crippen LogP contribution in [0, 0.1) is 35.2 Å². The molecule has 2 aromatic carbocycles. The van der Waals surface area contributed by atoms with Gasteiger partial charge in [0.2, 0.25) is 0 Å². The highest BCUT2D eigenvalue weighted by molar-refractivity contribution is 6.31. The van der Waals surface area contributed by atoms with Gasteiger partial charge in [-0.25, -0.2) is 13.2 Å². The zero-order valence-corrected chi connectivity index (χ0v) is 16.2. The van der Waals surface area contributed by atoms with Crippen LogP contribution in [0.4, 0.5) is 13.2 Å². The molecule has 0 nitrogen and oxygen atoms in total. The van der Waals surface area contributed by atoms with Gasteiger partial charge >= 0.3 is 0 Å². The lowest BCUT2D eigenvalue weighted by Crippen LogP contribution is -2.29. The second-order valence-electron chi connectivity index (χ2n) is 8.42. The Morgan fingerprint density at radius 2 is 1.63 bits per heavy atom. The van der Waals surface area contributed by atoms with Crippen molar-refractivity contribution < 1.29 is 13.2 Å². The molecule has 4 atom stereocenters. The van der Waals surface area contributed by atoms with Gasteiger partial charge in [-0.15, -0.1) is 0 Å². The van der Waals surface area contributed by atoms with Crippen LogP contribution < -0.4 is 0 Å². The van der Waals surface area contributed by atoms with Gasteiger partial charge in [-0.1, -0.05) is 49.2 Å². The Kier molecular flexibility index (Phi) is 5.24. The second kappa shape index (κ2) is 7.50. The summed E-state index contributed by atoms with van der Waals surface area (Å²) < 4.78 is 42.0. The van der Waals surface area contributed by atoms with Gasteiger partial charge in [0.15, 0.2) is 11.6 Å². The van der Waals surface area contributed by atoms with Crippen molar-refractivity contribution in [3.05, 3.63) is 58.4 Å². The van der Waals surface area contributed by atoms with Crippen LogP contribution in [0.1, 0.15) is 56.9 Å². The summed E-state index contributed by atoms with van der Waals surface area (Å²) in [6.45, 7) is 2.35. The highest BCUT2D eigenvalue weighted by atomic mass is 35.5. The lowest BCUT2D eigenvalue weighted by molar-refractivity contribution is 0.124.